The van der Waals surface area contributed by atoms with Gasteiger partial charge in [0, 0.05) is 0 Å². The predicted molar refractivity (Wildman–Crippen MR) is 95.7 cm³/mol. The molecule has 2 aliphatic heterocycles. The lowest BCUT2D eigenvalue weighted by Crippen LogP contribution is -2.43. The van der Waals surface area contributed by atoms with Gasteiger partial charge in [0.25, 0.3) is 0 Å². The van der Waals surface area contributed by atoms with E-state index in [1.165, 1.54) is 38.5 Å². The van der Waals surface area contributed by atoms with Crippen LogP contribution in [-0.4, -0.2) is 22.9 Å². The highest BCUT2D eigenvalue weighted by atomic mass is 28.4. The van der Waals surface area contributed by atoms with Gasteiger partial charge in [-0.2, -0.15) is 0 Å². The normalized spacial score (nSPS) is 28.2. The minimum Gasteiger partial charge on any atom is -0.123 e. The summed E-state index contributed by atoms with van der Waals surface area (Å²) in [4.78, 5) is 1.96. The van der Waals surface area contributed by atoms with Crippen molar-refractivity contribution in [3.05, 3.63) is 10.8 Å². The Morgan fingerprint density at radius 1 is 0.789 bits per heavy atom. The van der Waals surface area contributed by atoms with E-state index in [-0.39, 0.29) is 0 Å². The molecule has 2 heterocycles. The molecule has 2 bridgehead atoms. The van der Waals surface area contributed by atoms with E-state index >= 15 is 0 Å². The van der Waals surface area contributed by atoms with E-state index in [2.05, 4.69) is 45.3 Å². The first-order chi connectivity index (χ1) is 8.69. The zero-order chi connectivity index (χ0) is 14.3. The van der Waals surface area contributed by atoms with Crippen LogP contribution in [0.5, 0.6) is 0 Å². The van der Waals surface area contributed by atoms with Crippen LogP contribution in [0, 0.1) is 0 Å². The third-order valence-electron chi connectivity index (χ3n) is 5.36. The third kappa shape index (κ3) is 3.66. The maximum Gasteiger partial charge on any atom is 0.171 e. The molecule has 0 aromatic rings. The second kappa shape index (κ2) is 5.55. The average Bonchev–Trinajstić information content (AvgIpc) is 2.21. The minimum atomic E-state index is -1.13. The molecule has 19 heavy (non-hydrogen) atoms. The first-order valence-corrected chi connectivity index (χ1v) is 15.4. The highest BCUT2D eigenvalue weighted by molar-refractivity contribution is 7.05. The van der Waals surface area contributed by atoms with Crippen LogP contribution >= 0.6 is 0 Å². The smallest absolute Gasteiger partial charge is 0.123 e. The van der Waals surface area contributed by atoms with Crippen molar-refractivity contribution in [3.8, 4) is 0 Å². The van der Waals surface area contributed by atoms with Gasteiger partial charge >= 0.3 is 0 Å². The molecule has 0 nitrogen and oxygen atoms in total. The van der Waals surface area contributed by atoms with E-state index in [1.807, 2.05) is 4.82 Å². The summed E-state index contributed by atoms with van der Waals surface area (Å²) in [7, 11) is -2.26. The molecular weight excluding hydrogens is 259 g/mol. The fourth-order valence-electron chi connectivity index (χ4n) is 4.82. The monoisotopic (exact) mass is 292 g/mol. The predicted octanol–water partition coefficient (Wildman–Crippen LogP) is 5.81. The van der Waals surface area contributed by atoms with Crippen LogP contribution in [0.3, 0.4) is 0 Å². The van der Waals surface area contributed by atoms with Crippen molar-refractivity contribution in [1.29, 1.82) is 0 Å². The Hall–Kier alpha value is 0.239. The Morgan fingerprint density at radius 2 is 1.16 bits per heavy atom. The summed E-state index contributed by atoms with van der Waals surface area (Å²) in [6, 6.07) is 0. The Labute approximate surface area is 123 Å². The van der Waals surface area contributed by atoms with E-state index < -0.39 is 16.1 Å². The minimum absolute atomic E-state index is 0.955. The Kier molecular flexibility index (Phi) is 4.57. The second-order valence-corrected chi connectivity index (χ2v) is 19.6. The molecule has 2 saturated heterocycles. The van der Waals surface area contributed by atoms with Crippen molar-refractivity contribution in [2.24, 2.45) is 0 Å². The zero-order valence-corrected chi connectivity index (χ0v) is 16.1. The summed E-state index contributed by atoms with van der Waals surface area (Å²) in [6.45, 7) is 16.3. The van der Waals surface area contributed by atoms with E-state index in [4.69, 9.17) is 0 Å². The lowest BCUT2D eigenvalue weighted by molar-refractivity contribution is 0.447. The van der Waals surface area contributed by atoms with Gasteiger partial charge in [-0.1, -0.05) is 89.4 Å². The van der Waals surface area contributed by atoms with Gasteiger partial charge in [-0.15, -0.1) is 10.8 Å². The molecule has 0 radical (unpaired) electrons. The molecule has 2 fully saturated rings. The molecule has 3 heteroatoms. The van der Waals surface area contributed by atoms with Gasteiger partial charge in [-0.25, -0.2) is 0 Å². The van der Waals surface area contributed by atoms with E-state index in [1.54, 1.807) is 0 Å². The molecule has 0 spiro atoms. The molecule has 0 saturated carbocycles. The van der Waals surface area contributed by atoms with Crippen LogP contribution < -0.4 is 0 Å². The van der Waals surface area contributed by atoms with Gasteiger partial charge in [0.2, 0.25) is 0 Å². The van der Waals surface area contributed by atoms with Crippen molar-refractivity contribution in [3.63, 3.8) is 0 Å². The molecule has 0 aromatic carbocycles. The van der Waals surface area contributed by atoms with Crippen molar-refractivity contribution in [2.75, 3.05) is 0 Å². The number of rotatable bonds is 3. The van der Waals surface area contributed by atoms with Crippen molar-refractivity contribution in [1.82, 2.24) is 0 Å². The molecule has 2 aliphatic rings. The fourth-order valence-corrected chi connectivity index (χ4v) is 15.2. The molecule has 2 rings (SSSR count). The lowest BCUT2D eigenvalue weighted by atomic mass is 9.27. The van der Waals surface area contributed by atoms with Crippen LogP contribution in [0.1, 0.15) is 38.5 Å². The molecule has 108 valence electrons. The van der Waals surface area contributed by atoms with Crippen LogP contribution in [0.4, 0.5) is 0 Å². The van der Waals surface area contributed by atoms with Crippen LogP contribution in [0.2, 0.25) is 50.9 Å². The fraction of sp³-hybridized carbons (Fsp3) is 0.875. The Bertz CT molecular complexity index is 311. The van der Waals surface area contributed by atoms with Gasteiger partial charge in [0.15, 0.2) is 6.71 Å². The first-order valence-electron chi connectivity index (χ1n) is 8.42. The number of fused-ring (bicyclic) bond motifs is 2. The van der Waals surface area contributed by atoms with Crippen molar-refractivity contribution >= 4 is 22.9 Å². The van der Waals surface area contributed by atoms with Gasteiger partial charge < -0.3 is 0 Å². The largest absolute Gasteiger partial charge is 0.171 e. The summed E-state index contributed by atoms with van der Waals surface area (Å²) in [5.41, 5.74) is 0. The topological polar surface area (TPSA) is 0 Å². The van der Waals surface area contributed by atoms with Gasteiger partial charge in [-0.3, -0.25) is 0 Å². The van der Waals surface area contributed by atoms with Crippen LogP contribution in [0.15, 0.2) is 10.8 Å². The molecule has 0 amide bonds. The Morgan fingerprint density at radius 3 is 1.47 bits per heavy atom. The SMILES string of the molecule is C[Si](C)(C)C(=CB1C2CCCC1CCC2)[Si](C)(C)C. The standard InChI is InChI=1S/C16H33BSi2/c1-18(2,3)16(19(4,5)6)13-17-14-9-7-10-15(17)12-8-11-14/h13-15H,7-12H2,1-6H3. The maximum absolute atomic E-state index is 2.85. The molecule has 0 N–H and O–H groups in total. The molecule has 0 unspecified atom stereocenters. The van der Waals surface area contributed by atoms with Gasteiger partial charge in [0.05, 0.1) is 16.1 Å². The maximum atomic E-state index is 2.85. The van der Waals surface area contributed by atoms with E-state index in [0.29, 0.717) is 0 Å². The molecule has 0 aromatic heterocycles. The third-order valence-corrected chi connectivity index (χ3v) is 13.4. The van der Waals surface area contributed by atoms with Gasteiger partial charge in [0.1, 0.15) is 0 Å². The highest BCUT2D eigenvalue weighted by Crippen LogP contribution is 2.47. The van der Waals surface area contributed by atoms with Crippen LogP contribution in [-0.2, 0) is 0 Å². The molecule has 0 aliphatic carbocycles. The summed E-state index contributed by atoms with van der Waals surface area (Å²) >= 11 is 0. The van der Waals surface area contributed by atoms with Crippen molar-refractivity contribution in [2.45, 2.75) is 89.4 Å². The first kappa shape index (κ1) is 15.6. The number of hydrogen-bond acceptors (Lipinski definition) is 0. The summed E-state index contributed by atoms with van der Waals surface area (Å²) < 4.78 is 0. The summed E-state index contributed by atoms with van der Waals surface area (Å²) in [5, 5.41) is 0. The number of hydrogen-bond donors (Lipinski definition) is 0. The Balaban J connectivity index is 2.30. The van der Waals surface area contributed by atoms with Crippen molar-refractivity contribution < 1.29 is 0 Å². The molecule has 0 atom stereocenters. The molecular formula is C16H33BSi2. The quantitative estimate of drug-likeness (QED) is 0.576. The zero-order valence-electron chi connectivity index (χ0n) is 14.1. The van der Waals surface area contributed by atoms with E-state index in [9.17, 15) is 0 Å². The van der Waals surface area contributed by atoms with Crippen LogP contribution in [0.25, 0.3) is 0 Å². The summed E-state index contributed by atoms with van der Waals surface area (Å²) in [5.74, 6) is 4.93. The average molecular weight is 292 g/mol. The second-order valence-electron chi connectivity index (χ2n) is 9.04. The lowest BCUT2D eigenvalue weighted by Gasteiger charge is -2.41. The van der Waals surface area contributed by atoms with E-state index in [0.717, 1.165) is 18.3 Å². The van der Waals surface area contributed by atoms with Gasteiger partial charge in [-0.05, 0) is 0 Å². The highest BCUT2D eigenvalue weighted by Gasteiger charge is 2.40. The summed E-state index contributed by atoms with van der Waals surface area (Å²) in [6.07, 6.45) is 9.08.